The van der Waals surface area contributed by atoms with Gasteiger partial charge in [0.25, 0.3) is 0 Å². The third-order valence-electron chi connectivity index (χ3n) is 7.35. The number of rotatable bonds is 7. The zero-order valence-electron chi connectivity index (χ0n) is 22.9. The second kappa shape index (κ2) is 11.2. The van der Waals surface area contributed by atoms with E-state index in [4.69, 9.17) is 0 Å². The van der Waals surface area contributed by atoms with Gasteiger partial charge in [0.05, 0.1) is 6.04 Å². The second-order valence-corrected chi connectivity index (χ2v) is 10.7. The van der Waals surface area contributed by atoms with E-state index in [-0.39, 0.29) is 30.3 Å². The molecule has 198 valence electrons. The smallest absolute Gasteiger partial charge is 0.323 e. The van der Waals surface area contributed by atoms with Crippen LogP contribution in [0.15, 0.2) is 97.1 Å². The second-order valence-electron chi connectivity index (χ2n) is 10.7. The quantitative estimate of drug-likeness (QED) is 0.260. The summed E-state index contributed by atoms with van der Waals surface area (Å²) in [5, 5.41) is 6.22. The Balaban J connectivity index is 1.53. The molecule has 0 saturated heterocycles. The van der Waals surface area contributed by atoms with Gasteiger partial charge in [0.15, 0.2) is 0 Å². The van der Waals surface area contributed by atoms with Crippen LogP contribution in [0.3, 0.4) is 0 Å². The molecule has 1 aliphatic rings. The molecule has 0 spiro atoms. The van der Waals surface area contributed by atoms with E-state index in [2.05, 4.69) is 62.6 Å². The number of carbonyl (C=O) groups excluding carboxylic acids is 2. The van der Waals surface area contributed by atoms with Crippen molar-refractivity contribution in [1.29, 1.82) is 0 Å². The average Bonchev–Trinajstić information content (AvgIpc) is 3.26. The molecule has 5 nitrogen and oxygen atoms in total. The molecule has 4 aromatic carbocycles. The summed E-state index contributed by atoms with van der Waals surface area (Å²) >= 11 is 0. The molecule has 5 heteroatoms. The number of anilines is 2. The van der Waals surface area contributed by atoms with Gasteiger partial charge in [0, 0.05) is 11.4 Å². The highest BCUT2D eigenvalue weighted by molar-refractivity contribution is 5.99. The van der Waals surface area contributed by atoms with Crippen LogP contribution in [0.2, 0.25) is 0 Å². The van der Waals surface area contributed by atoms with Gasteiger partial charge < -0.3 is 15.5 Å². The van der Waals surface area contributed by atoms with Crippen LogP contribution in [0, 0.1) is 0 Å². The Kier molecular flexibility index (Phi) is 7.51. The van der Waals surface area contributed by atoms with Crippen LogP contribution in [0.1, 0.15) is 67.8 Å². The van der Waals surface area contributed by atoms with Crippen molar-refractivity contribution in [3.63, 3.8) is 0 Å². The van der Waals surface area contributed by atoms with Gasteiger partial charge >= 0.3 is 6.03 Å². The lowest BCUT2D eigenvalue weighted by atomic mass is 9.92. The topological polar surface area (TPSA) is 61.4 Å². The molecule has 0 heterocycles. The molecule has 0 fully saturated rings. The zero-order valence-corrected chi connectivity index (χ0v) is 22.9. The van der Waals surface area contributed by atoms with E-state index in [1.165, 1.54) is 0 Å². The Morgan fingerprint density at radius 2 is 1.18 bits per heavy atom. The molecule has 2 N–H and O–H groups in total. The van der Waals surface area contributed by atoms with Gasteiger partial charge in [0.2, 0.25) is 5.91 Å². The SMILES string of the molecule is CC(C)c1cccc(C(C)C)c1NC(=O)CN(C(=O)Nc1ccccc1)C1c2ccccc2-c2ccccc21. The molecule has 4 aromatic rings. The predicted octanol–water partition coefficient (Wildman–Crippen LogP) is 8.18. The van der Waals surface area contributed by atoms with E-state index in [9.17, 15) is 9.59 Å². The molecule has 5 rings (SSSR count). The molecule has 0 saturated carbocycles. The number of urea groups is 1. The van der Waals surface area contributed by atoms with Gasteiger partial charge in [-0.2, -0.15) is 0 Å². The van der Waals surface area contributed by atoms with Crippen molar-refractivity contribution in [3.8, 4) is 11.1 Å². The first kappa shape index (κ1) is 26.2. The normalized spacial score (nSPS) is 12.3. The van der Waals surface area contributed by atoms with Crippen LogP contribution in [-0.4, -0.2) is 23.4 Å². The van der Waals surface area contributed by atoms with Gasteiger partial charge in [-0.1, -0.05) is 113 Å². The fourth-order valence-corrected chi connectivity index (χ4v) is 5.49. The highest BCUT2D eigenvalue weighted by atomic mass is 16.2. The van der Waals surface area contributed by atoms with Crippen LogP contribution >= 0.6 is 0 Å². The first-order valence-electron chi connectivity index (χ1n) is 13.6. The molecule has 0 aliphatic heterocycles. The Labute approximate surface area is 230 Å². The summed E-state index contributed by atoms with van der Waals surface area (Å²) in [7, 11) is 0. The molecule has 0 atom stereocenters. The number of hydrogen-bond donors (Lipinski definition) is 2. The van der Waals surface area contributed by atoms with Crippen molar-refractivity contribution < 1.29 is 9.59 Å². The first-order chi connectivity index (χ1) is 18.8. The van der Waals surface area contributed by atoms with Gasteiger partial charge in [-0.25, -0.2) is 4.79 Å². The van der Waals surface area contributed by atoms with Gasteiger partial charge in [-0.15, -0.1) is 0 Å². The van der Waals surface area contributed by atoms with Crippen molar-refractivity contribution in [3.05, 3.63) is 119 Å². The van der Waals surface area contributed by atoms with E-state index in [0.717, 1.165) is 39.1 Å². The molecule has 0 bridgehead atoms. The maximum atomic E-state index is 13.9. The summed E-state index contributed by atoms with van der Waals surface area (Å²) in [6.07, 6.45) is 0. The number of amides is 3. The summed E-state index contributed by atoms with van der Waals surface area (Å²) in [4.78, 5) is 29.3. The van der Waals surface area contributed by atoms with E-state index in [1.807, 2.05) is 72.8 Å². The Hall–Kier alpha value is -4.38. The number of nitrogens with zero attached hydrogens (tertiary/aromatic N) is 1. The maximum Gasteiger partial charge on any atom is 0.323 e. The minimum atomic E-state index is -0.392. The lowest BCUT2D eigenvalue weighted by molar-refractivity contribution is -0.117. The summed E-state index contributed by atoms with van der Waals surface area (Å²) < 4.78 is 0. The average molecular weight is 518 g/mol. The molecule has 0 radical (unpaired) electrons. The number of hydrogen-bond acceptors (Lipinski definition) is 2. The van der Waals surface area contributed by atoms with Crippen molar-refractivity contribution in [2.24, 2.45) is 0 Å². The van der Waals surface area contributed by atoms with Crippen LogP contribution in [0.5, 0.6) is 0 Å². The molecule has 39 heavy (non-hydrogen) atoms. The van der Waals surface area contributed by atoms with Gasteiger partial charge in [-0.05, 0) is 57.3 Å². The highest BCUT2D eigenvalue weighted by Gasteiger charge is 2.36. The summed E-state index contributed by atoms with van der Waals surface area (Å²) in [5.41, 5.74) is 7.91. The lowest BCUT2D eigenvalue weighted by Crippen LogP contribution is -2.43. The zero-order chi connectivity index (χ0) is 27.5. The fraction of sp³-hybridized carbons (Fsp3) is 0.235. The van der Waals surface area contributed by atoms with Crippen LogP contribution in [-0.2, 0) is 4.79 Å². The number of para-hydroxylation sites is 2. The van der Waals surface area contributed by atoms with Crippen LogP contribution < -0.4 is 10.6 Å². The third kappa shape index (κ3) is 5.30. The number of fused-ring (bicyclic) bond motifs is 3. The lowest BCUT2D eigenvalue weighted by Gasteiger charge is -2.31. The maximum absolute atomic E-state index is 13.9. The van der Waals surface area contributed by atoms with Gasteiger partial charge in [-0.3, -0.25) is 4.79 Å². The Morgan fingerprint density at radius 1 is 0.667 bits per heavy atom. The largest absolute Gasteiger partial charge is 0.324 e. The monoisotopic (exact) mass is 517 g/mol. The summed E-state index contributed by atoms with van der Waals surface area (Å²) in [6, 6.07) is 31.1. The third-order valence-corrected chi connectivity index (χ3v) is 7.35. The number of carbonyl (C=O) groups is 2. The molecule has 3 amide bonds. The molecule has 0 aromatic heterocycles. The van der Waals surface area contributed by atoms with E-state index >= 15 is 0 Å². The van der Waals surface area contributed by atoms with E-state index < -0.39 is 6.04 Å². The van der Waals surface area contributed by atoms with Crippen molar-refractivity contribution in [2.45, 2.75) is 45.6 Å². The highest BCUT2D eigenvalue weighted by Crippen LogP contribution is 2.46. The number of nitrogens with one attached hydrogen (secondary N) is 2. The van der Waals surface area contributed by atoms with Crippen molar-refractivity contribution >= 4 is 23.3 Å². The van der Waals surface area contributed by atoms with Gasteiger partial charge in [0.1, 0.15) is 6.54 Å². The van der Waals surface area contributed by atoms with E-state index in [0.29, 0.717) is 5.69 Å². The standard InChI is InChI=1S/C34H35N3O2/c1-22(2)25-19-12-20-26(23(3)4)32(25)36-31(38)21-37(34(39)35-24-13-6-5-7-14-24)33-29-17-10-8-15-27(29)28-16-9-11-18-30(28)33/h5-20,22-23,33H,21H2,1-4H3,(H,35,39)(H,36,38). The molecule has 1 aliphatic carbocycles. The minimum Gasteiger partial charge on any atom is -0.324 e. The predicted molar refractivity (Wildman–Crippen MR) is 159 cm³/mol. The molecule has 0 unspecified atom stereocenters. The minimum absolute atomic E-state index is 0.101. The molecular formula is C34H35N3O2. The van der Waals surface area contributed by atoms with E-state index in [1.54, 1.807) is 4.90 Å². The first-order valence-corrected chi connectivity index (χ1v) is 13.6. The van der Waals surface area contributed by atoms with Crippen LogP contribution in [0.4, 0.5) is 16.2 Å². The Bertz CT molecular complexity index is 1420. The van der Waals surface area contributed by atoms with Crippen molar-refractivity contribution in [1.82, 2.24) is 4.90 Å². The van der Waals surface area contributed by atoms with Crippen LogP contribution in [0.25, 0.3) is 11.1 Å². The summed E-state index contributed by atoms with van der Waals surface area (Å²) in [5.74, 6) is 0.255. The summed E-state index contributed by atoms with van der Waals surface area (Å²) in [6.45, 7) is 8.40. The van der Waals surface area contributed by atoms with Crippen molar-refractivity contribution in [2.75, 3.05) is 17.2 Å². The molecular weight excluding hydrogens is 482 g/mol. The fourth-order valence-electron chi connectivity index (χ4n) is 5.49. The number of benzene rings is 4. The Morgan fingerprint density at radius 3 is 1.72 bits per heavy atom.